The van der Waals surface area contributed by atoms with E-state index >= 15 is 0 Å². The molecule has 7 heteroatoms. The van der Waals surface area contributed by atoms with Crippen molar-refractivity contribution in [2.75, 3.05) is 20.2 Å². The molecule has 1 aliphatic heterocycles. The number of H-pyrrole nitrogens is 1. The molecule has 0 bridgehead atoms. The number of nitrogens with one attached hydrogen (secondary N) is 2. The van der Waals surface area contributed by atoms with Crippen LogP contribution in [0.1, 0.15) is 16.9 Å². The number of alkyl carbamates (subject to hydrolysis) is 1. The SMILES string of the molecule is COC(=O)NC1CCN(C(=O)c2cccc(=O)[nH]2)C1. The Hall–Kier alpha value is -2.31. The van der Waals surface area contributed by atoms with Crippen LogP contribution in [0.3, 0.4) is 0 Å². The van der Waals surface area contributed by atoms with Crippen LogP contribution in [-0.4, -0.2) is 48.1 Å². The Morgan fingerprint density at radius 3 is 2.95 bits per heavy atom. The lowest BCUT2D eigenvalue weighted by atomic mass is 10.3. The van der Waals surface area contributed by atoms with E-state index in [0.717, 1.165) is 0 Å². The number of methoxy groups -OCH3 is 1. The van der Waals surface area contributed by atoms with Gasteiger partial charge in [-0.25, -0.2) is 4.79 Å². The maximum atomic E-state index is 12.1. The van der Waals surface area contributed by atoms with Crippen molar-refractivity contribution in [2.24, 2.45) is 0 Å². The Kier molecular flexibility index (Phi) is 3.84. The van der Waals surface area contributed by atoms with Crippen LogP contribution >= 0.6 is 0 Å². The van der Waals surface area contributed by atoms with Gasteiger partial charge in [0.25, 0.3) is 5.91 Å². The Bertz CT molecular complexity index is 540. The number of carbonyl (C=O) groups is 2. The van der Waals surface area contributed by atoms with Gasteiger partial charge in [-0.2, -0.15) is 0 Å². The van der Waals surface area contributed by atoms with Crippen LogP contribution < -0.4 is 10.9 Å². The third-order valence-corrected chi connectivity index (χ3v) is 2.98. The van der Waals surface area contributed by atoms with E-state index in [0.29, 0.717) is 19.5 Å². The number of amides is 2. The Labute approximate surface area is 109 Å². The van der Waals surface area contributed by atoms with Crippen LogP contribution in [-0.2, 0) is 4.74 Å². The second-order valence-corrected chi connectivity index (χ2v) is 4.30. The standard InChI is InChI=1S/C12H15N3O4/c1-19-12(18)13-8-5-6-15(7-8)11(17)9-3-2-4-10(16)14-9/h2-4,8H,5-7H2,1H3,(H,13,18)(H,14,16). The van der Waals surface area contributed by atoms with Gasteiger partial charge in [0.2, 0.25) is 5.56 Å². The molecule has 0 aliphatic carbocycles. The van der Waals surface area contributed by atoms with Crippen molar-refractivity contribution in [2.45, 2.75) is 12.5 Å². The molecule has 2 heterocycles. The number of pyridine rings is 1. The summed E-state index contributed by atoms with van der Waals surface area (Å²) >= 11 is 0. The normalized spacial score (nSPS) is 18.2. The summed E-state index contributed by atoms with van der Waals surface area (Å²) in [5.41, 5.74) is -0.0551. The maximum Gasteiger partial charge on any atom is 0.407 e. The third kappa shape index (κ3) is 3.12. The van der Waals surface area contributed by atoms with Gasteiger partial charge in [0.1, 0.15) is 5.69 Å². The van der Waals surface area contributed by atoms with Gasteiger partial charge >= 0.3 is 6.09 Å². The van der Waals surface area contributed by atoms with E-state index < -0.39 is 6.09 Å². The van der Waals surface area contributed by atoms with Crippen molar-refractivity contribution in [1.82, 2.24) is 15.2 Å². The molecular formula is C12H15N3O4. The van der Waals surface area contributed by atoms with E-state index in [2.05, 4.69) is 15.0 Å². The molecule has 2 rings (SSSR count). The van der Waals surface area contributed by atoms with E-state index in [-0.39, 0.29) is 23.2 Å². The minimum Gasteiger partial charge on any atom is -0.453 e. The first kappa shape index (κ1) is 13.1. The first-order valence-corrected chi connectivity index (χ1v) is 5.93. The summed E-state index contributed by atoms with van der Waals surface area (Å²) in [6.07, 6.45) is 0.158. The highest BCUT2D eigenvalue weighted by molar-refractivity contribution is 5.92. The molecule has 1 saturated heterocycles. The fourth-order valence-electron chi connectivity index (χ4n) is 2.03. The van der Waals surface area contributed by atoms with Gasteiger partial charge in [-0.05, 0) is 12.5 Å². The van der Waals surface area contributed by atoms with E-state index in [9.17, 15) is 14.4 Å². The fourth-order valence-corrected chi connectivity index (χ4v) is 2.03. The lowest BCUT2D eigenvalue weighted by Crippen LogP contribution is -2.38. The van der Waals surface area contributed by atoms with Crippen LogP contribution in [0.5, 0.6) is 0 Å². The molecule has 7 nitrogen and oxygen atoms in total. The number of hydrogen-bond donors (Lipinski definition) is 2. The maximum absolute atomic E-state index is 12.1. The predicted molar refractivity (Wildman–Crippen MR) is 66.9 cm³/mol. The molecule has 0 saturated carbocycles. The number of aromatic nitrogens is 1. The molecule has 102 valence electrons. The molecule has 1 atom stereocenters. The van der Waals surface area contributed by atoms with Crippen LogP contribution in [0.25, 0.3) is 0 Å². The van der Waals surface area contributed by atoms with Crippen molar-refractivity contribution in [1.29, 1.82) is 0 Å². The van der Waals surface area contributed by atoms with E-state index in [1.807, 2.05) is 0 Å². The first-order valence-electron chi connectivity index (χ1n) is 5.93. The smallest absolute Gasteiger partial charge is 0.407 e. The molecule has 19 heavy (non-hydrogen) atoms. The topological polar surface area (TPSA) is 91.5 Å². The number of ether oxygens (including phenoxy) is 1. The number of hydrogen-bond acceptors (Lipinski definition) is 4. The van der Waals surface area contributed by atoms with Crippen LogP contribution in [0.4, 0.5) is 4.79 Å². The number of likely N-dealkylation sites (tertiary alicyclic amines) is 1. The van der Waals surface area contributed by atoms with Gasteiger partial charge in [0.15, 0.2) is 0 Å². The molecular weight excluding hydrogens is 250 g/mol. The molecule has 1 unspecified atom stereocenters. The Balaban J connectivity index is 1.99. The third-order valence-electron chi connectivity index (χ3n) is 2.98. The summed E-state index contributed by atoms with van der Waals surface area (Å²) in [7, 11) is 1.29. The highest BCUT2D eigenvalue weighted by atomic mass is 16.5. The second kappa shape index (κ2) is 5.55. The minimum absolute atomic E-state index is 0.119. The average molecular weight is 265 g/mol. The largest absolute Gasteiger partial charge is 0.453 e. The van der Waals surface area contributed by atoms with Gasteiger partial charge in [-0.3, -0.25) is 9.59 Å². The molecule has 1 aromatic rings. The van der Waals surface area contributed by atoms with E-state index in [1.165, 1.54) is 19.2 Å². The number of aromatic amines is 1. The summed E-state index contributed by atoms with van der Waals surface area (Å²) in [5, 5.41) is 2.65. The molecule has 2 N–H and O–H groups in total. The van der Waals surface area contributed by atoms with Crippen molar-refractivity contribution < 1.29 is 14.3 Å². The Morgan fingerprint density at radius 2 is 2.26 bits per heavy atom. The fraction of sp³-hybridized carbons (Fsp3) is 0.417. The highest BCUT2D eigenvalue weighted by Gasteiger charge is 2.28. The van der Waals surface area contributed by atoms with Gasteiger partial charge in [-0.15, -0.1) is 0 Å². The number of rotatable bonds is 2. The van der Waals surface area contributed by atoms with Crippen LogP contribution in [0.2, 0.25) is 0 Å². The minimum atomic E-state index is -0.507. The van der Waals surface area contributed by atoms with Crippen molar-refractivity contribution >= 4 is 12.0 Å². The van der Waals surface area contributed by atoms with Crippen LogP contribution in [0.15, 0.2) is 23.0 Å². The van der Waals surface area contributed by atoms with Gasteiger partial charge < -0.3 is 19.9 Å². The average Bonchev–Trinajstić information content (AvgIpc) is 2.86. The molecule has 1 aliphatic rings. The van der Waals surface area contributed by atoms with Gasteiger partial charge in [-0.1, -0.05) is 6.07 Å². The zero-order valence-electron chi connectivity index (χ0n) is 10.5. The summed E-state index contributed by atoms with van der Waals surface area (Å²) < 4.78 is 4.51. The van der Waals surface area contributed by atoms with Crippen LogP contribution in [0, 0.1) is 0 Å². The molecule has 1 aromatic heterocycles. The summed E-state index contributed by atoms with van der Waals surface area (Å²) in [5.74, 6) is -0.244. The second-order valence-electron chi connectivity index (χ2n) is 4.30. The number of nitrogens with zero attached hydrogens (tertiary/aromatic N) is 1. The molecule has 0 spiro atoms. The lowest BCUT2D eigenvalue weighted by Gasteiger charge is -2.16. The first-order chi connectivity index (χ1) is 9.10. The summed E-state index contributed by atoms with van der Waals surface area (Å²) in [6, 6.07) is 4.33. The van der Waals surface area contributed by atoms with Crippen molar-refractivity contribution in [3.05, 3.63) is 34.2 Å². The summed E-state index contributed by atoms with van der Waals surface area (Å²) in [4.78, 5) is 38.4. The van der Waals surface area contributed by atoms with E-state index in [4.69, 9.17) is 0 Å². The molecule has 0 radical (unpaired) electrons. The van der Waals surface area contributed by atoms with Gasteiger partial charge in [0, 0.05) is 19.2 Å². The summed E-state index contributed by atoms with van der Waals surface area (Å²) in [6.45, 7) is 0.940. The van der Waals surface area contributed by atoms with Crippen molar-refractivity contribution in [3.63, 3.8) is 0 Å². The van der Waals surface area contributed by atoms with Gasteiger partial charge in [0.05, 0.1) is 13.2 Å². The monoisotopic (exact) mass is 265 g/mol. The quantitative estimate of drug-likeness (QED) is 0.784. The molecule has 1 fully saturated rings. The molecule has 2 amide bonds. The zero-order chi connectivity index (χ0) is 13.8. The lowest BCUT2D eigenvalue weighted by molar-refractivity contribution is 0.0782. The zero-order valence-corrected chi connectivity index (χ0v) is 10.5. The molecule has 0 aromatic carbocycles. The predicted octanol–water partition coefficient (Wildman–Crippen LogP) is -0.0546. The Morgan fingerprint density at radius 1 is 1.47 bits per heavy atom. The number of carbonyl (C=O) groups excluding carboxylic acids is 2. The van der Waals surface area contributed by atoms with E-state index in [1.54, 1.807) is 11.0 Å². The van der Waals surface area contributed by atoms with Crippen molar-refractivity contribution in [3.8, 4) is 0 Å². The highest BCUT2D eigenvalue weighted by Crippen LogP contribution is 2.12.